The third kappa shape index (κ3) is 2.23. The second-order valence-electron chi connectivity index (χ2n) is 3.75. The van der Waals surface area contributed by atoms with E-state index in [0.29, 0.717) is 6.61 Å². The van der Waals surface area contributed by atoms with E-state index in [1.807, 2.05) is 7.05 Å². The zero-order chi connectivity index (χ0) is 10.8. The molecular formula is C10H13IN2O2. The van der Waals surface area contributed by atoms with Crippen LogP contribution < -0.4 is 0 Å². The first kappa shape index (κ1) is 11.1. The number of carbonyl (C=O) groups is 1. The minimum atomic E-state index is 0.0245. The number of aromatic nitrogens is 2. The smallest absolute Gasteiger partial charge is 0.172 e. The van der Waals surface area contributed by atoms with Crippen molar-refractivity contribution in [1.29, 1.82) is 0 Å². The van der Waals surface area contributed by atoms with Crippen LogP contribution in [-0.4, -0.2) is 28.8 Å². The van der Waals surface area contributed by atoms with E-state index in [2.05, 4.69) is 27.7 Å². The predicted molar refractivity (Wildman–Crippen MR) is 63.8 cm³/mol. The van der Waals surface area contributed by atoms with E-state index < -0.39 is 0 Å². The molecule has 4 nitrogen and oxygen atoms in total. The summed E-state index contributed by atoms with van der Waals surface area (Å²) in [5.41, 5.74) is 0.730. The minimum Gasteiger partial charge on any atom is -0.381 e. The van der Waals surface area contributed by atoms with Crippen molar-refractivity contribution in [2.24, 2.45) is 13.0 Å². The van der Waals surface area contributed by atoms with Crippen LogP contribution >= 0.6 is 22.6 Å². The zero-order valence-corrected chi connectivity index (χ0v) is 10.7. The van der Waals surface area contributed by atoms with Crippen molar-refractivity contribution in [2.75, 3.05) is 13.2 Å². The van der Waals surface area contributed by atoms with Crippen molar-refractivity contribution in [3.8, 4) is 0 Å². The van der Waals surface area contributed by atoms with E-state index >= 15 is 0 Å². The summed E-state index contributed by atoms with van der Waals surface area (Å²) in [5, 5.41) is 4.08. The maximum Gasteiger partial charge on any atom is 0.172 e. The standard InChI is InChI=1S/C10H13IN2O2/c1-13-10(11)8(5-12-13)9(14)7-3-2-4-15-6-7/h5,7H,2-4,6H2,1H3. The Morgan fingerprint density at radius 2 is 2.53 bits per heavy atom. The van der Waals surface area contributed by atoms with Gasteiger partial charge in [-0.2, -0.15) is 5.10 Å². The summed E-state index contributed by atoms with van der Waals surface area (Å²) < 4.78 is 7.95. The van der Waals surface area contributed by atoms with Crippen LogP contribution in [0.2, 0.25) is 0 Å². The van der Waals surface area contributed by atoms with E-state index in [9.17, 15) is 4.79 Å². The number of rotatable bonds is 2. The highest BCUT2D eigenvalue weighted by Gasteiger charge is 2.25. The van der Waals surface area contributed by atoms with Crippen LogP contribution in [0.5, 0.6) is 0 Å². The summed E-state index contributed by atoms with van der Waals surface area (Å²) in [6.07, 6.45) is 3.57. The molecule has 0 amide bonds. The SMILES string of the molecule is Cn1ncc(C(=O)C2CCCOC2)c1I. The molecule has 1 aliphatic rings. The number of carbonyl (C=O) groups excluding carboxylic acids is 1. The molecule has 1 aliphatic heterocycles. The summed E-state index contributed by atoms with van der Waals surface area (Å²) in [6.45, 7) is 1.34. The quantitative estimate of drug-likeness (QED) is 0.615. The lowest BCUT2D eigenvalue weighted by atomic mass is 9.94. The fourth-order valence-corrected chi connectivity index (χ4v) is 2.28. The number of nitrogens with zero attached hydrogens (tertiary/aromatic N) is 2. The molecule has 0 radical (unpaired) electrons. The maximum atomic E-state index is 12.1. The average molecular weight is 320 g/mol. The lowest BCUT2D eigenvalue weighted by Gasteiger charge is -2.20. The average Bonchev–Trinajstić information content (AvgIpc) is 2.60. The van der Waals surface area contributed by atoms with E-state index in [1.165, 1.54) is 0 Å². The molecule has 1 aromatic rings. The van der Waals surface area contributed by atoms with Gasteiger partial charge in [-0.15, -0.1) is 0 Å². The number of ether oxygens (including phenoxy) is 1. The monoisotopic (exact) mass is 320 g/mol. The molecule has 1 atom stereocenters. The van der Waals surface area contributed by atoms with E-state index in [1.54, 1.807) is 10.9 Å². The largest absolute Gasteiger partial charge is 0.381 e. The summed E-state index contributed by atoms with van der Waals surface area (Å²) in [6, 6.07) is 0. The first-order chi connectivity index (χ1) is 7.20. The fraction of sp³-hybridized carbons (Fsp3) is 0.600. The lowest BCUT2D eigenvalue weighted by molar-refractivity contribution is 0.0460. The highest BCUT2D eigenvalue weighted by Crippen LogP contribution is 2.21. The molecule has 1 saturated heterocycles. The van der Waals surface area contributed by atoms with Gasteiger partial charge < -0.3 is 4.74 Å². The maximum absolute atomic E-state index is 12.1. The Morgan fingerprint density at radius 3 is 3.07 bits per heavy atom. The van der Waals surface area contributed by atoms with Crippen molar-refractivity contribution < 1.29 is 9.53 Å². The number of hydrogen-bond acceptors (Lipinski definition) is 3. The van der Waals surface area contributed by atoms with Gasteiger partial charge >= 0.3 is 0 Å². The molecule has 1 aromatic heterocycles. The molecule has 0 saturated carbocycles. The highest BCUT2D eigenvalue weighted by molar-refractivity contribution is 14.1. The first-order valence-electron chi connectivity index (χ1n) is 4.99. The van der Waals surface area contributed by atoms with Crippen molar-refractivity contribution >= 4 is 28.4 Å². The lowest BCUT2D eigenvalue weighted by Crippen LogP contribution is -2.25. The Morgan fingerprint density at radius 1 is 1.73 bits per heavy atom. The second-order valence-corrected chi connectivity index (χ2v) is 4.77. The van der Waals surface area contributed by atoms with Gasteiger partial charge in [-0.25, -0.2) is 0 Å². The van der Waals surface area contributed by atoms with Crippen molar-refractivity contribution in [2.45, 2.75) is 12.8 Å². The molecule has 5 heteroatoms. The fourth-order valence-electron chi connectivity index (χ4n) is 1.76. The van der Waals surface area contributed by atoms with Gasteiger partial charge in [0.1, 0.15) is 3.70 Å². The topological polar surface area (TPSA) is 44.1 Å². The van der Waals surface area contributed by atoms with Crippen LogP contribution in [0.25, 0.3) is 0 Å². The minimum absolute atomic E-state index is 0.0245. The molecule has 2 rings (SSSR count). The van der Waals surface area contributed by atoms with Crippen LogP contribution in [0, 0.1) is 9.62 Å². The third-order valence-corrected chi connectivity index (χ3v) is 3.94. The van der Waals surface area contributed by atoms with Gasteiger partial charge in [-0.1, -0.05) is 0 Å². The van der Waals surface area contributed by atoms with E-state index in [0.717, 1.165) is 28.7 Å². The Bertz CT molecular complexity index is 369. The van der Waals surface area contributed by atoms with Crippen LogP contribution in [0.1, 0.15) is 23.2 Å². The van der Waals surface area contributed by atoms with E-state index in [-0.39, 0.29) is 11.7 Å². The molecule has 1 unspecified atom stereocenters. The number of halogens is 1. The Labute approximate surface area is 102 Å². The van der Waals surface area contributed by atoms with Gasteiger partial charge in [0.05, 0.1) is 18.4 Å². The van der Waals surface area contributed by atoms with Crippen molar-refractivity contribution in [3.63, 3.8) is 0 Å². The second kappa shape index (κ2) is 4.61. The number of ketones is 1. The first-order valence-corrected chi connectivity index (χ1v) is 6.07. The van der Waals surface area contributed by atoms with Gasteiger partial charge in [-0.3, -0.25) is 9.48 Å². The zero-order valence-electron chi connectivity index (χ0n) is 8.57. The summed E-state index contributed by atoms with van der Waals surface area (Å²) in [5.74, 6) is 0.198. The van der Waals surface area contributed by atoms with Crippen LogP contribution in [0.3, 0.4) is 0 Å². The van der Waals surface area contributed by atoms with Gasteiger partial charge in [-0.05, 0) is 35.4 Å². The van der Waals surface area contributed by atoms with Crippen molar-refractivity contribution in [3.05, 3.63) is 15.5 Å². The Hall–Kier alpha value is -0.430. The van der Waals surface area contributed by atoms with Crippen LogP contribution in [0.15, 0.2) is 6.20 Å². The molecule has 0 N–H and O–H groups in total. The summed E-state index contributed by atoms with van der Waals surface area (Å²) in [7, 11) is 1.84. The Kier molecular flexibility index (Phi) is 3.40. The van der Waals surface area contributed by atoms with Gasteiger partial charge in [0.25, 0.3) is 0 Å². The molecule has 0 aliphatic carbocycles. The normalized spacial score (nSPS) is 21.6. The molecule has 1 fully saturated rings. The summed E-state index contributed by atoms with van der Waals surface area (Å²) >= 11 is 2.15. The van der Waals surface area contributed by atoms with E-state index in [4.69, 9.17) is 4.74 Å². The Balaban J connectivity index is 2.16. The number of aryl methyl sites for hydroxylation is 1. The highest BCUT2D eigenvalue weighted by atomic mass is 127. The molecule has 82 valence electrons. The molecule has 15 heavy (non-hydrogen) atoms. The van der Waals surface area contributed by atoms with Crippen LogP contribution in [-0.2, 0) is 11.8 Å². The molecule has 2 heterocycles. The third-order valence-electron chi connectivity index (χ3n) is 2.66. The van der Waals surface area contributed by atoms with Crippen molar-refractivity contribution in [1.82, 2.24) is 9.78 Å². The van der Waals surface area contributed by atoms with Crippen LogP contribution in [0.4, 0.5) is 0 Å². The molecule has 0 spiro atoms. The molecule has 0 bridgehead atoms. The molecular weight excluding hydrogens is 307 g/mol. The predicted octanol–water partition coefficient (Wildman–Crippen LogP) is 1.63. The number of hydrogen-bond donors (Lipinski definition) is 0. The van der Waals surface area contributed by atoms with Gasteiger partial charge in [0.15, 0.2) is 5.78 Å². The summed E-state index contributed by atoms with van der Waals surface area (Å²) in [4.78, 5) is 12.1. The molecule has 0 aromatic carbocycles. The van der Waals surface area contributed by atoms with Gasteiger partial charge in [0.2, 0.25) is 0 Å². The van der Waals surface area contributed by atoms with Gasteiger partial charge in [0, 0.05) is 19.6 Å². The number of Topliss-reactive ketones (excluding diaryl/α,β-unsaturated/α-hetero) is 1.